The zero-order valence-corrected chi connectivity index (χ0v) is 11.3. The highest BCUT2D eigenvalue weighted by Crippen LogP contribution is 2.25. The van der Waals surface area contributed by atoms with E-state index in [2.05, 4.69) is 5.10 Å². The number of hydrogen-bond donors (Lipinski definition) is 0. The summed E-state index contributed by atoms with van der Waals surface area (Å²) in [6.07, 6.45) is 0.445. The van der Waals surface area contributed by atoms with Crippen LogP contribution >= 0.6 is 0 Å². The maximum Gasteiger partial charge on any atom is 0.242 e. The van der Waals surface area contributed by atoms with Crippen molar-refractivity contribution in [2.75, 3.05) is 14.2 Å². The first kappa shape index (κ1) is 14.3. The molecule has 1 heterocycles. The van der Waals surface area contributed by atoms with Gasteiger partial charge in [-0.15, -0.1) is 0 Å². The molecule has 108 valence electrons. The minimum Gasteiger partial charge on any atom is -0.497 e. The second kappa shape index (κ2) is 6.36. The quantitative estimate of drug-likeness (QED) is 0.817. The van der Waals surface area contributed by atoms with E-state index in [4.69, 9.17) is 9.47 Å². The van der Waals surface area contributed by atoms with Crippen molar-refractivity contribution in [2.45, 2.75) is 19.4 Å². The van der Waals surface area contributed by atoms with E-state index in [-0.39, 0.29) is 6.42 Å². The van der Waals surface area contributed by atoms with E-state index >= 15 is 0 Å². The number of aromatic nitrogens is 2. The third kappa shape index (κ3) is 3.46. The van der Waals surface area contributed by atoms with Gasteiger partial charge in [-0.05, 0) is 17.7 Å². The van der Waals surface area contributed by atoms with Crippen molar-refractivity contribution < 1.29 is 18.3 Å². The Kier molecular flexibility index (Phi) is 4.55. The van der Waals surface area contributed by atoms with Crippen molar-refractivity contribution in [3.63, 3.8) is 0 Å². The third-order valence-electron chi connectivity index (χ3n) is 2.90. The normalized spacial score (nSPS) is 10.8. The zero-order chi connectivity index (χ0) is 14.5. The Balaban J connectivity index is 2.15. The standard InChI is InChI=1S/C14H16F2N2O2/c1-19-12-4-3-11(13(6-12)20-2)9-18-8-10(7-17-18)5-14(15)16/h3-4,6-8,14H,5,9H2,1-2H3. The summed E-state index contributed by atoms with van der Waals surface area (Å²) in [5, 5.41) is 4.08. The summed E-state index contributed by atoms with van der Waals surface area (Å²) in [7, 11) is 3.15. The number of ether oxygens (including phenoxy) is 2. The van der Waals surface area contributed by atoms with Crippen LogP contribution in [0.15, 0.2) is 30.6 Å². The smallest absolute Gasteiger partial charge is 0.242 e. The zero-order valence-electron chi connectivity index (χ0n) is 11.3. The van der Waals surface area contributed by atoms with Crippen molar-refractivity contribution in [3.8, 4) is 11.5 Å². The molecule has 0 spiro atoms. The number of halogens is 2. The van der Waals surface area contributed by atoms with E-state index in [1.54, 1.807) is 31.2 Å². The summed E-state index contributed by atoms with van der Waals surface area (Å²) in [5.41, 5.74) is 1.42. The maximum absolute atomic E-state index is 12.3. The summed E-state index contributed by atoms with van der Waals surface area (Å²) < 4.78 is 36.6. The molecule has 4 nitrogen and oxygen atoms in total. The molecule has 0 atom stereocenters. The molecular formula is C14H16F2N2O2. The van der Waals surface area contributed by atoms with Gasteiger partial charge in [-0.1, -0.05) is 0 Å². The highest BCUT2D eigenvalue weighted by Gasteiger charge is 2.09. The van der Waals surface area contributed by atoms with Crippen LogP contribution in [0.4, 0.5) is 8.78 Å². The maximum atomic E-state index is 12.3. The van der Waals surface area contributed by atoms with Gasteiger partial charge >= 0.3 is 0 Å². The molecule has 0 fully saturated rings. The molecule has 0 radical (unpaired) electrons. The second-order valence-corrected chi connectivity index (χ2v) is 4.32. The van der Waals surface area contributed by atoms with Crippen molar-refractivity contribution in [2.24, 2.45) is 0 Å². The van der Waals surface area contributed by atoms with Gasteiger partial charge < -0.3 is 9.47 Å². The van der Waals surface area contributed by atoms with Crippen LogP contribution in [0.1, 0.15) is 11.1 Å². The Morgan fingerprint density at radius 1 is 1.25 bits per heavy atom. The lowest BCUT2D eigenvalue weighted by molar-refractivity contribution is 0.149. The second-order valence-electron chi connectivity index (χ2n) is 4.32. The Morgan fingerprint density at radius 3 is 2.70 bits per heavy atom. The molecule has 0 aliphatic carbocycles. The van der Waals surface area contributed by atoms with Crippen molar-refractivity contribution in [3.05, 3.63) is 41.7 Å². The van der Waals surface area contributed by atoms with E-state index in [0.717, 1.165) is 5.56 Å². The van der Waals surface area contributed by atoms with E-state index in [1.165, 1.54) is 6.20 Å². The lowest BCUT2D eigenvalue weighted by atomic mass is 10.2. The van der Waals surface area contributed by atoms with Gasteiger partial charge in [0.1, 0.15) is 11.5 Å². The van der Waals surface area contributed by atoms with Crippen LogP contribution in [0, 0.1) is 0 Å². The molecule has 0 bridgehead atoms. The topological polar surface area (TPSA) is 36.3 Å². The van der Waals surface area contributed by atoms with E-state index in [1.807, 2.05) is 12.1 Å². The SMILES string of the molecule is COc1ccc(Cn2cc(CC(F)F)cn2)c(OC)c1. The summed E-state index contributed by atoms with van der Waals surface area (Å²) in [5.74, 6) is 1.37. The summed E-state index contributed by atoms with van der Waals surface area (Å²) >= 11 is 0. The number of nitrogens with zero attached hydrogens (tertiary/aromatic N) is 2. The monoisotopic (exact) mass is 282 g/mol. The van der Waals surface area contributed by atoms with E-state index in [9.17, 15) is 8.78 Å². The number of rotatable bonds is 6. The van der Waals surface area contributed by atoms with Crippen LogP contribution in [0.25, 0.3) is 0 Å². The van der Waals surface area contributed by atoms with Gasteiger partial charge in [0.15, 0.2) is 0 Å². The summed E-state index contributed by atoms with van der Waals surface area (Å²) in [6, 6.07) is 5.46. The molecule has 0 saturated carbocycles. The molecule has 1 aromatic carbocycles. The lowest BCUT2D eigenvalue weighted by Crippen LogP contribution is -2.02. The Morgan fingerprint density at radius 2 is 2.05 bits per heavy atom. The van der Waals surface area contributed by atoms with Gasteiger partial charge in [0.05, 0.1) is 27.0 Å². The molecule has 0 saturated heterocycles. The highest BCUT2D eigenvalue weighted by molar-refractivity contribution is 5.40. The molecule has 0 amide bonds. The van der Waals surface area contributed by atoms with Gasteiger partial charge in [-0.25, -0.2) is 8.78 Å². The molecule has 0 aliphatic heterocycles. The summed E-state index contributed by atoms with van der Waals surface area (Å²) in [6.45, 7) is 0.455. The molecule has 20 heavy (non-hydrogen) atoms. The first-order valence-corrected chi connectivity index (χ1v) is 6.12. The number of hydrogen-bond acceptors (Lipinski definition) is 3. The molecule has 0 aliphatic rings. The Hall–Kier alpha value is -2.11. The Bertz CT molecular complexity index is 570. The fourth-order valence-electron chi connectivity index (χ4n) is 1.93. The number of benzene rings is 1. The first-order valence-electron chi connectivity index (χ1n) is 6.12. The first-order chi connectivity index (χ1) is 9.62. The number of alkyl halides is 2. The van der Waals surface area contributed by atoms with Crippen LogP contribution in [-0.2, 0) is 13.0 Å². The van der Waals surface area contributed by atoms with Crippen LogP contribution < -0.4 is 9.47 Å². The van der Waals surface area contributed by atoms with E-state index in [0.29, 0.717) is 23.6 Å². The Labute approximate surface area is 115 Å². The molecule has 2 aromatic rings. The largest absolute Gasteiger partial charge is 0.497 e. The molecule has 1 aromatic heterocycles. The van der Waals surface area contributed by atoms with Gasteiger partial charge in [0, 0.05) is 24.2 Å². The van der Waals surface area contributed by atoms with Gasteiger partial charge in [-0.2, -0.15) is 5.10 Å². The summed E-state index contributed by atoms with van der Waals surface area (Å²) in [4.78, 5) is 0. The minimum absolute atomic E-state index is 0.278. The molecule has 0 unspecified atom stereocenters. The average Bonchev–Trinajstić information content (AvgIpc) is 2.85. The van der Waals surface area contributed by atoms with E-state index < -0.39 is 6.43 Å². The molecule has 0 N–H and O–H groups in total. The van der Waals surface area contributed by atoms with Crippen molar-refractivity contribution in [1.82, 2.24) is 9.78 Å². The molecule has 2 rings (SSSR count). The average molecular weight is 282 g/mol. The van der Waals surface area contributed by atoms with Crippen LogP contribution in [-0.4, -0.2) is 30.4 Å². The fourth-order valence-corrected chi connectivity index (χ4v) is 1.93. The molecule has 6 heteroatoms. The van der Waals surface area contributed by atoms with Crippen molar-refractivity contribution >= 4 is 0 Å². The van der Waals surface area contributed by atoms with Crippen molar-refractivity contribution in [1.29, 1.82) is 0 Å². The van der Waals surface area contributed by atoms with Crippen LogP contribution in [0.3, 0.4) is 0 Å². The fraction of sp³-hybridized carbons (Fsp3) is 0.357. The van der Waals surface area contributed by atoms with Gasteiger partial charge in [-0.3, -0.25) is 4.68 Å². The predicted octanol–water partition coefficient (Wildman–Crippen LogP) is 2.76. The third-order valence-corrected chi connectivity index (χ3v) is 2.90. The molecular weight excluding hydrogens is 266 g/mol. The van der Waals surface area contributed by atoms with Gasteiger partial charge in [0.25, 0.3) is 0 Å². The lowest BCUT2D eigenvalue weighted by Gasteiger charge is -2.10. The van der Waals surface area contributed by atoms with Crippen LogP contribution in [0.2, 0.25) is 0 Å². The predicted molar refractivity (Wildman–Crippen MR) is 70.6 cm³/mol. The highest BCUT2D eigenvalue weighted by atomic mass is 19.3. The van der Waals surface area contributed by atoms with Gasteiger partial charge in [0.2, 0.25) is 6.43 Å². The van der Waals surface area contributed by atoms with Crippen LogP contribution in [0.5, 0.6) is 11.5 Å². The number of methoxy groups -OCH3 is 2. The minimum atomic E-state index is -2.36.